The van der Waals surface area contributed by atoms with E-state index in [0.29, 0.717) is 5.92 Å². The van der Waals surface area contributed by atoms with Crippen LogP contribution in [0.5, 0.6) is 0 Å². The lowest BCUT2D eigenvalue weighted by atomic mass is 9.86. The molecule has 0 fully saturated rings. The molecule has 0 saturated heterocycles. The summed E-state index contributed by atoms with van der Waals surface area (Å²) in [6.07, 6.45) is 14.4. The number of nitrogens with one attached hydrogen (secondary N) is 1. The number of hydrogen-bond acceptors (Lipinski definition) is 2. The van der Waals surface area contributed by atoms with E-state index < -0.39 is 0 Å². The Hall–Kier alpha value is -7.95. The number of hydrogen-bond donors (Lipinski definition) is 1. The van der Waals surface area contributed by atoms with Crippen molar-refractivity contribution in [2.45, 2.75) is 12.6 Å². The number of para-hydroxylation sites is 2. The summed E-state index contributed by atoms with van der Waals surface area (Å²) >= 11 is 0. The second-order valence-corrected chi connectivity index (χ2v) is 16.7. The minimum Gasteiger partial charge on any atom is -0.360 e. The van der Waals surface area contributed by atoms with Crippen molar-refractivity contribution < 1.29 is 0 Å². The van der Waals surface area contributed by atoms with Crippen molar-refractivity contribution in [2.24, 2.45) is 10.9 Å². The number of nitrogens with zero attached hydrogens (tertiary/aromatic N) is 3. The van der Waals surface area contributed by atoms with Gasteiger partial charge in [0, 0.05) is 49.9 Å². The Morgan fingerprint density at radius 3 is 2.13 bits per heavy atom. The van der Waals surface area contributed by atoms with E-state index in [1.54, 1.807) is 0 Å². The number of aromatic nitrogens is 2. The van der Waals surface area contributed by atoms with Crippen molar-refractivity contribution in [3.8, 4) is 11.4 Å². The van der Waals surface area contributed by atoms with Crippen LogP contribution >= 0.6 is 0 Å². The van der Waals surface area contributed by atoms with Gasteiger partial charge in [-0.15, -0.1) is 0 Å². The highest BCUT2D eigenvalue weighted by Gasteiger charge is 2.24. The largest absolute Gasteiger partial charge is 0.360 e. The maximum Gasteiger partial charge on any atom is 0.145 e. The van der Waals surface area contributed by atoms with Gasteiger partial charge >= 0.3 is 0 Å². The molecule has 62 heavy (non-hydrogen) atoms. The zero-order chi connectivity index (χ0) is 40.7. The lowest BCUT2D eigenvalue weighted by Gasteiger charge is -2.25. The number of allylic oxidation sites excluding steroid dienone is 5. The van der Waals surface area contributed by atoms with Crippen LogP contribution in [-0.2, 0) is 0 Å². The van der Waals surface area contributed by atoms with E-state index in [-0.39, 0.29) is 6.17 Å². The van der Waals surface area contributed by atoms with Crippen molar-refractivity contribution in [3.63, 3.8) is 0 Å². The van der Waals surface area contributed by atoms with Gasteiger partial charge in [0.1, 0.15) is 6.17 Å². The summed E-state index contributed by atoms with van der Waals surface area (Å²) < 4.78 is 4.84. The van der Waals surface area contributed by atoms with Gasteiger partial charge in [-0.25, -0.2) is 0 Å². The molecule has 2 unspecified atom stereocenters. The SMILES string of the molecule is C1=CC2=c3c(n(-c4ccc(C5N=C(c6ccc7ccccc7c6)C=C(c6ccc7c(c6)c6ccccc6n7-c6ccccc6)N5)cc4)c4ccc5ccccc5c34)=CCC2C=C1. The summed E-state index contributed by atoms with van der Waals surface area (Å²) in [6, 6.07) is 63.9. The molecule has 3 aliphatic rings. The summed E-state index contributed by atoms with van der Waals surface area (Å²) in [5.74, 6) is 0.394. The topological polar surface area (TPSA) is 34.2 Å². The Labute approximate surface area is 358 Å². The van der Waals surface area contributed by atoms with Crippen LogP contribution in [0.1, 0.15) is 29.3 Å². The third kappa shape index (κ3) is 5.43. The second-order valence-electron chi connectivity index (χ2n) is 16.7. The molecule has 0 bridgehead atoms. The van der Waals surface area contributed by atoms with Gasteiger partial charge < -0.3 is 14.5 Å². The zero-order valence-corrected chi connectivity index (χ0v) is 33.9. The molecular formula is C58H40N4. The lowest BCUT2D eigenvalue weighted by Crippen LogP contribution is -2.35. The monoisotopic (exact) mass is 792 g/mol. The van der Waals surface area contributed by atoms with Gasteiger partial charge in [0.15, 0.2) is 0 Å². The number of aliphatic imine (C=N–C) groups is 1. The van der Waals surface area contributed by atoms with Crippen molar-refractivity contribution in [1.82, 2.24) is 14.5 Å². The van der Waals surface area contributed by atoms with E-state index in [4.69, 9.17) is 4.99 Å². The van der Waals surface area contributed by atoms with Crippen LogP contribution in [0.4, 0.5) is 0 Å². The number of fused-ring (bicyclic) bond motifs is 10. The Balaban J connectivity index is 0.948. The molecule has 8 aromatic carbocycles. The van der Waals surface area contributed by atoms with Crippen LogP contribution < -0.4 is 15.9 Å². The summed E-state index contributed by atoms with van der Waals surface area (Å²) in [5, 5.41) is 15.3. The smallest absolute Gasteiger partial charge is 0.145 e. The van der Waals surface area contributed by atoms with Gasteiger partial charge in [-0.2, -0.15) is 0 Å². The molecule has 4 heteroatoms. The molecule has 0 spiro atoms. The molecule has 2 aromatic heterocycles. The Kier molecular flexibility index (Phi) is 7.76. The van der Waals surface area contributed by atoms with E-state index in [1.165, 1.54) is 70.4 Å². The van der Waals surface area contributed by atoms with E-state index >= 15 is 0 Å². The maximum atomic E-state index is 5.45. The van der Waals surface area contributed by atoms with Gasteiger partial charge in [0.25, 0.3) is 0 Å². The highest BCUT2D eigenvalue weighted by molar-refractivity contribution is 6.15. The highest BCUT2D eigenvalue weighted by atomic mass is 15.1. The predicted molar refractivity (Wildman–Crippen MR) is 259 cm³/mol. The molecule has 292 valence electrons. The summed E-state index contributed by atoms with van der Waals surface area (Å²) in [4.78, 5) is 5.45. The zero-order valence-electron chi connectivity index (χ0n) is 33.9. The van der Waals surface area contributed by atoms with Crippen LogP contribution in [0, 0.1) is 5.92 Å². The number of benzene rings is 8. The first-order valence-corrected chi connectivity index (χ1v) is 21.6. The molecule has 3 heterocycles. The van der Waals surface area contributed by atoms with Gasteiger partial charge in [-0.1, -0.05) is 152 Å². The first-order chi connectivity index (χ1) is 30.7. The average Bonchev–Trinajstić information content (AvgIpc) is 3.87. The van der Waals surface area contributed by atoms with Crippen LogP contribution in [0.2, 0.25) is 0 Å². The van der Waals surface area contributed by atoms with E-state index in [9.17, 15) is 0 Å². The molecule has 0 amide bonds. The van der Waals surface area contributed by atoms with Crippen LogP contribution in [-0.4, -0.2) is 14.8 Å². The second kappa shape index (κ2) is 13.8. The van der Waals surface area contributed by atoms with E-state index in [1.807, 2.05) is 0 Å². The first-order valence-electron chi connectivity index (χ1n) is 21.6. The fraction of sp³-hybridized carbons (Fsp3) is 0.0517. The Morgan fingerprint density at radius 1 is 0.532 bits per heavy atom. The molecule has 10 aromatic rings. The average molecular weight is 793 g/mol. The molecular weight excluding hydrogens is 753 g/mol. The molecule has 4 nitrogen and oxygen atoms in total. The quantitative estimate of drug-likeness (QED) is 0.185. The standard InChI is InChI=1S/C58H40N4/c1-2-16-44(17-3-1)61-52-21-11-10-20-48(52)49-35-43(28-31-53(49)61)51-36-50(42-23-22-37-12-4-5-15-41(37)34-42)59-58(60-51)40-24-29-45(30-25-40)62-54-32-26-38-13-6-8-18-46(38)56(54)57-47-19-9-7-14-39(47)27-33-55(57)62/h1-26,28-36,39,58,60H,27H2. The summed E-state index contributed by atoms with van der Waals surface area (Å²) in [7, 11) is 0. The maximum absolute atomic E-state index is 5.45. The molecule has 2 atom stereocenters. The van der Waals surface area contributed by atoms with Gasteiger partial charge in [0.05, 0.1) is 27.6 Å². The molecule has 2 aliphatic carbocycles. The van der Waals surface area contributed by atoms with E-state index in [2.05, 4.69) is 227 Å². The predicted octanol–water partition coefficient (Wildman–Crippen LogP) is 12.2. The molecule has 0 radical (unpaired) electrons. The Bertz CT molecular complexity index is 3740. The van der Waals surface area contributed by atoms with Crippen molar-refractivity contribution in [1.29, 1.82) is 0 Å². The van der Waals surface area contributed by atoms with Crippen LogP contribution in [0.15, 0.2) is 211 Å². The number of rotatable bonds is 5. The molecule has 1 N–H and O–H groups in total. The third-order valence-corrected chi connectivity index (χ3v) is 13.2. The highest BCUT2D eigenvalue weighted by Crippen LogP contribution is 2.36. The molecule has 1 aliphatic heterocycles. The van der Waals surface area contributed by atoms with Gasteiger partial charge in [-0.05, 0) is 105 Å². The van der Waals surface area contributed by atoms with Crippen molar-refractivity contribution >= 4 is 77.3 Å². The van der Waals surface area contributed by atoms with Gasteiger partial charge in [0.2, 0.25) is 0 Å². The van der Waals surface area contributed by atoms with Gasteiger partial charge in [-0.3, -0.25) is 4.99 Å². The fourth-order valence-corrected chi connectivity index (χ4v) is 10.3. The third-order valence-electron chi connectivity index (χ3n) is 13.2. The molecule has 13 rings (SSSR count). The summed E-state index contributed by atoms with van der Waals surface area (Å²) in [6.45, 7) is 0. The normalized spacial score (nSPS) is 16.9. The minimum atomic E-state index is -0.298. The minimum absolute atomic E-state index is 0.298. The fourth-order valence-electron chi connectivity index (χ4n) is 10.3. The van der Waals surface area contributed by atoms with Crippen LogP contribution in [0.3, 0.4) is 0 Å². The van der Waals surface area contributed by atoms with Crippen molar-refractivity contribution in [3.05, 3.63) is 234 Å². The van der Waals surface area contributed by atoms with E-state index in [0.717, 1.165) is 45.9 Å². The lowest BCUT2D eigenvalue weighted by molar-refractivity contribution is 0.664. The summed E-state index contributed by atoms with van der Waals surface area (Å²) in [5.41, 5.74) is 12.6. The Morgan fingerprint density at radius 2 is 1.24 bits per heavy atom. The molecule has 0 saturated carbocycles. The first kappa shape index (κ1) is 34.9. The van der Waals surface area contributed by atoms with Crippen LogP contribution in [0.25, 0.3) is 83.0 Å². The van der Waals surface area contributed by atoms with Crippen molar-refractivity contribution in [2.75, 3.05) is 0 Å².